The van der Waals surface area contributed by atoms with Crippen LogP contribution in [-0.4, -0.2) is 21.0 Å². The number of aromatic nitrogens is 2. The molecule has 1 aromatic carbocycles. The Balaban J connectivity index is 2.05. The predicted molar refractivity (Wildman–Crippen MR) is 77.8 cm³/mol. The number of aryl methyl sites for hydroxylation is 2. The van der Waals surface area contributed by atoms with Crippen LogP contribution in [0.2, 0.25) is 0 Å². The molecular formula is C16H18N2O2. The molecule has 1 aliphatic carbocycles. The quantitative estimate of drug-likeness (QED) is 0.823. The highest BCUT2D eigenvalue weighted by molar-refractivity contribution is 5.78. The number of nitrogens with zero attached hydrogens (tertiary/aromatic N) is 1. The number of carboxylic acid groups (broad SMARTS) is 1. The average molecular weight is 270 g/mol. The third-order valence-corrected chi connectivity index (χ3v) is 4.22. The number of hydrogen-bond acceptors (Lipinski definition) is 2. The van der Waals surface area contributed by atoms with Gasteiger partial charge in [-0.3, -0.25) is 4.79 Å². The van der Waals surface area contributed by atoms with Gasteiger partial charge in [0.2, 0.25) is 0 Å². The Morgan fingerprint density at radius 1 is 1.25 bits per heavy atom. The predicted octanol–water partition coefficient (Wildman–Crippen LogP) is 3.31. The number of H-pyrrole nitrogens is 1. The van der Waals surface area contributed by atoms with Crippen molar-refractivity contribution in [3.05, 3.63) is 41.2 Å². The third kappa shape index (κ3) is 2.11. The highest BCUT2D eigenvalue weighted by atomic mass is 16.4. The Bertz CT molecular complexity index is 661. The fraction of sp³-hybridized carbons (Fsp3) is 0.375. The second kappa shape index (κ2) is 4.78. The van der Waals surface area contributed by atoms with Crippen LogP contribution in [-0.2, 0) is 4.79 Å². The summed E-state index contributed by atoms with van der Waals surface area (Å²) in [5.74, 6) is -0.401. The van der Waals surface area contributed by atoms with Crippen molar-refractivity contribution in [1.29, 1.82) is 0 Å². The van der Waals surface area contributed by atoms with Crippen LogP contribution in [0.1, 0.15) is 35.7 Å². The summed E-state index contributed by atoms with van der Waals surface area (Å²) in [6, 6.07) is 4.13. The van der Waals surface area contributed by atoms with Crippen LogP contribution in [0.15, 0.2) is 24.3 Å². The van der Waals surface area contributed by atoms with Gasteiger partial charge in [0.1, 0.15) is 5.82 Å². The molecule has 0 saturated carbocycles. The molecule has 104 valence electrons. The summed E-state index contributed by atoms with van der Waals surface area (Å²) < 4.78 is 0. The summed E-state index contributed by atoms with van der Waals surface area (Å²) in [6.07, 6.45) is 5.31. The number of carbonyl (C=O) groups is 1. The summed E-state index contributed by atoms with van der Waals surface area (Å²) >= 11 is 0. The minimum atomic E-state index is -0.743. The van der Waals surface area contributed by atoms with E-state index in [1.165, 1.54) is 11.1 Å². The van der Waals surface area contributed by atoms with Crippen LogP contribution in [0.3, 0.4) is 0 Å². The van der Waals surface area contributed by atoms with Gasteiger partial charge in [0, 0.05) is 5.92 Å². The van der Waals surface area contributed by atoms with Crippen molar-refractivity contribution >= 4 is 17.0 Å². The van der Waals surface area contributed by atoms with Crippen molar-refractivity contribution in [3.8, 4) is 0 Å². The Kier molecular flexibility index (Phi) is 3.08. The Labute approximate surface area is 117 Å². The lowest BCUT2D eigenvalue weighted by atomic mass is 9.82. The Morgan fingerprint density at radius 2 is 1.95 bits per heavy atom. The first-order valence-electron chi connectivity index (χ1n) is 6.91. The van der Waals surface area contributed by atoms with Crippen LogP contribution >= 0.6 is 0 Å². The summed E-state index contributed by atoms with van der Waals surface area (Å²) in [5.41, 5.74) is 4.32. The van der Waals surface area contributed by atoms with Gasteiger partial charge in [-0.15, -0.1) is 0 Å². The van der Waals surface area contributed by atoms with Crippen LogP contribution in [0, 0.1) is 19.8 Å². The largest absolute Gasteiger partial charge is 0.481 e. The lowest BCUT2D eigenvalue weighted by Gasteiger charge is -2.23. The van der Waals surface area contributed by atoms with Gasteiger partial charge in [-0.05, 0) is 49.9 Å². The van der Waals surface area contributed by atoms with E-state index in [0.29, 0.717) is 6.42 Å². The minimum Gasteiger partial charge on any atom is -0.481 e. The zero-order valence-corrected chi connectivity index (χ0v) is 11.7. The summed E-state index contributed by atoms with van der Waals surface area (Å²) in [4.78, 5) is 19.3. The molecule has 2 aromatic rings. The van der Waals surface area contributed by atoms with Gasteiger partial charge >= 0.3 is 5.97 Å². The van der Waals surface area contributed by atoms with E-state index in [1.54, 1.807) is 0 Å². The molecule has 1 heterocycles. The van der Waals surface area contributed by atoms with Crippen LogP contribution in [0.25, 0.3) is 11.0 Å². The normalized spacial score (nSPS) is 22.3. The number of benzene rings is 1. The molecule has 20 heavy (non-hydrogen) atoms. The lowest BCUT2D eigenvalue weighted by Crippen LogP contribution is -2.24. The lowest BCUT2D eigenvalue weighted by molar-refractivity contribution is -0.142. The van der Waals surface area contributed by atoms with Crippen molar-refractivity contribution in [2.45, 2.75) is 32.6 Å². The standard InChI is InChI=1S/C16H18N2O2/c1-9-7-13-14(8-10(9)2)18-15(17-13)11-5-3-4-6-12(11)16(19)20/h3-4,7-8,11-12H,5-6H2,1-2H3,(H,17,18)(H,19,20)/t11-,12+/m1/s1. The second-order valence-electron chi connectivity index (χ2n) is 5.57. The van der Waals surface area contributed by atoms with E-state index < -0.39 is 5.97 Å². The number of hydrogen-bond donors (Lipinski definition) is 2. The first kappa shape index (κ1) is 12.9. The fourth-order valence-corrected chi connectivity index (χ4v) is 2.85. The van der Waals surface area contributed by atoms with Gasteiger partial charge in [-0.1, -0.05) is 12.2 Å². The zero-order chi connectivity index (χ0) is 14.3. The van der Waals surface area contributed by atoms with Gasteiger partial charge in [-0.25, -0.2) is 4.98 Å². The van der Waals surface area contributed by atoms with Crippen LogP contribution in [0.4, 0.5) is 0 Å². The first-order chi connectivity index (χ1) is 9.56. The van der Waals surface area contributed by atoms with E-state index in [0.717, 1.165) is 23.3 Å². The molecule has 2 atom stereocenters. The van der Waals surface area contributed by atoms with E-state index >= 15 is 0 Å². The molecule has 4 nitrogen and oxygen atoms in total. The van der Waals surface area contributed by atoms with E-state index in [-0.39, 0.29) is 11.8 Å². The van der Waals surface area contributed by atoms with Gasteiger partial charge < -0.3 is 10.1 Å². The van der Waals surface area contributed by atoms with Gasteiger partial charge in [0.15, 0.2) is 0 Å². The molecule has 0 fully saturated rings. The number of allylic oxidation sites excluding steroid dienone is 2. The topological polar surface area (TPSA) is 66.0 Å². The number of imidazole rings is 1. The fourth-order valence-electron chi connectivity index (χ4n) is 2.85. The maximum atomic E-state index is 11.4. The van der Waals surface area contributed by atoms with Crippen molar-refractivity contribution in [3.63, 3.8) is 0 Å². The second-order valence-corrected chi connectivity index (χ2v) is 5.57. The van der Waals surface area contributed by atoms with Crippen LogP contribution < -0.4 is 0 Å². The minimum absolute atomic E-state index is 0.0643. The Hall–Kier alpha value is -2.10. The molecule has 2 N–H and O–H groups in total. The van der Waals surface area contributed by atoms with Crippen molar-refractivity contribution in [2.75, 3.05) is 0 Å². The molecule has 0 radical (unpaired) electrons. The zero-order valence-electron chi connectivity index (χ0n) is 11.7. The number of carboxylic acids is 1. The number of nitrogens with one attached hydrogen (secondary N) is 1. The van der Waals surface area contributed by atoms with E-state index in [9.17, 15) is 9.90 Å². The van der Waals surface area contributed by atoms with E-state index in [2.05, 4.69) is 35.9 Å². The molecule has 4 heteroatoms. The number of aliphatic carboxylic acids is 1. The van der Waals surface area contributed by atoms with Crippen LogP contribution in [0.5, 0.6) is 0 Å². The molecule has 0 unspecified atom stereocenters. The molecule has 0 spiro atoms. The van der Waals surface area contributed by atoms with Gasteiger partial charge in [-0.2, -0.15) is 0 Å². The summed E-state index contributed by atoms with van der Waals surface area (Å²) in [6.45, 7) is 4.13. The van der Waals surface area contributed by atoms with Crippen molar-refractivity contribution in [1.82, 2.24) is 9.97 Å². The molecule has 1 aromatic heterocycles. The van der Waals surface area contributed by atoms with Crippen molar-refractivity contribution < 1.29 is 9.90 Å². The highest BCUT2D eigenvalue weighted by Crippen LogP contribution is 2.34. The molecular weight excluding hydrogens is 252 g/mol. The number of aromatic amines is 1. The summed E-state index contributed by atoms with van der Waals surface area (Å²) in [7, 11) is 0. The van der Waals surface area contributed by atoms with E-state index in [1.807, 2.05) is 12.2 Å². The van der Waals surface area contributed by atoms with Gasteiger partial charge in [0.05, 0.1) is 17.0 Å². The smallest absolute Gasteiger partial charge is 0.307 e. The molecule has 0 saturated heterocycles. The molecule has 3 rings (SSSR count). The maximum Gasteiger partial charge on any atom is 0.307 e. The monoisotopic (exact) mass is 270 g/mol. The Morgan fingerprint density at radius 3 is 2.70 bits per heavy atom. The summed E-state index contributed by atoms with van der Waals surface area (Å²) in [5, 5.41) is 9.36. The maximum absolute atomic E-state index is 11.4. The highest BCUT2D eigenvalue weighted by Gasteiger charge is 2.31. The number of fused-ring (bicyclic) bond motifs is 1. The average Bonchev–Trinajstić information content (AvgIpc) is 2.82. The molecule has 1 aliphatic rings. The molecule has 0 amide bonds. The van der Waals surface area contributed by atoms with E-state index in [4.69, 9.17) is 0 Å². The first-order valence-corrected chi connectivity index (χ1v) is 6.91. The SMILES string of the molecule is Cc1cc2nc([C@@H]3CC=CC[C@@H]3C(=O)O)[nH]c2cc1C. The molecule has 0 bridgehead atoms. The van der Waals surface area contributed by atoms with Gasteiger partial charge in [0.25, 0.3) is 0 Å². The third-order valence-electron chi connectivity index (χ3n) is 4.22. The molecule has 0 aliphatic heterocycles. The number of rotatable bonds is 2. The van der Waals surface area contributed by atoms with Crippen molar-refractivity contribution in [2.24, 2.45) is 5.92 Å².